The number of hydrogen-bond donors (Lipinski definition) is 2. The van der Waals surface area contributed by atoms with Gasteiger partial charge in [-0.2, -0.15) is 13.2 Å². The minimum Gasteiger partial charge on any atom is -0.354 e. The number of nitrogens with zero attached hydrogens (tertiary/aromatic N) is 1. The summed E-state index contributed by atoms with van der Waals surface area (Å²) in [6.07, 6.45) is -2.40. The fourth-order valence-electron chi connectivity index (χ4n) is 2.46. The van der Waals surface area contributed by atoms with Crippen LogP contribution in [-0.2, 0) is 4.79 Å². The van der Waals surface area contributed by atoms with E-state index in [2.05, 4.69) is 5.32 Å². The second-order valence-electron chi connectivity index (χ2n) is 5.58. The van der Waals surface area contributed by atoms with E-state index in [1.807, 2.05) is 13.8 Å². The van der Waals surface area contributed by atoms with Gasteiger partial charge < -0.3 is 11.1 Å². The summed E-state index contributed by atoms with van der Waals surface area (Å²) < 4.78 is 36.8. The Morgan fingerprint density at radius 3 is 2.45 bits per heavy atom. The Morgan fingerprint density at radius 2 is 1.95 bits per heavy atom. The van der Waals surface area contributed by atoms with Gasteiger partial charge in [0.25, 0.3) is 0 Å². The molecule has 0 bridgehead atoms. The number of nitrogens with one attached hydrogen (secondary N) is 1. The predicted octanol–water partition coefficient (Wildman–Crippen LogP) is 1.50. The Kier molecular flexibility index (Phi) is 5.82. The quantitative estimate of drug-likeness (QED) is 0.781. The van der Waals surface area contributed by atoms with Crippen LogP contribution >= 0.6 is 0 Å². The van der Waals surface area contributed by atoms with E-state index in [-0.39, 0.29) is 11.8 Å². The van der Waals surface area contributed by atoms with Crippen molar-refractivity contribution in [1.29, 1.82) is 0 Å². The molecule has 4 nitrogen and oxygen atoms in total. The molecule has 3 N–H and O–H groups in total. The van der Waals surface area contributed by atoms with Crippen LogP contribution in [0.15, 0.2) is 0 Å². The van der Waals surface area contributed by atoms with Crippen molar-refractivity contribution in [2.45, 2.75) is 44.8 Å². The molecule has 0 spiro atoms. The molecule has 1 heterocycles. The summed E-state index contributed by atoms with van der Waals surface area (Å²) in [4.78, 5) is 13.3. The highest BCUT2D eigenvalue weighted by Crippen LogP contribution is 2.22. The van der Waals surface area contributed by atoms with Crippen LogP contribution in [0.1, 0.15) is 33.1 Å². The summed E-state index contributed by atoms with van der Waals surface area (Å²) in [6.45, 7) is 4.02. The molecular weight excluding hydrogens is 271 g/mol. The van der Waals surface area contributed by atoms with E-state index in [1.54, 1.807) is 0 Å². The van der Waals surface area contributed by atoms with E-state index in [9.17, 15) is 18.0 Å². The lowest BCUT2D eigenvalue weighted by molar-refractivity contribution is -0.143. The van der Waals surface area contributed by atoms with Crippen LogP contribution in [0.5, 0.6) is 0 Å². The van der Waals surface area contributed by atoms with Crippen LogP contribution < -0.4 is 11.1 Å². The predicted molar refractivity (Wildman–Crippen MR) is 71.1 cm³/mol. The Balaban J connectivity index is 2.36. The lowest BCUT2D eigenvalue weighted by Gasteiger charge is -2.26. The zero-order valence-electron chi connectivity index (χ0n) is 12.1. The van der Waals surface area contributed by atoms with Crippen LogP contribution in [0.2, 0.25) is 0 Å². The first kappa shape index (κ1) is 17.2. The molecule has 0 aromatic rings. The van der Waals surface area contributed by atoms with E-state index in [0.29, 0.717) is 38.9 Å². The molecule has 1 aliphatic heterocycles. The smallest absolute Gasteiger partial charge is 0.354 e. The fraction of sp³-hybridized carbons (Fsp3) is 0.923. The number of nitrogens with two attached hydrogens (primary N) is 1. The van der Waals surface area contributed by atoms with Crippen molar-refractivity contribution in [2.24, 2.45) is 11.7 Å². The number of amides is 1. The summed E-state index contributed by atoms with van der Waals surface area (Å²) in [5, 5.41) is 2.78. The minimum absolute atomic E-state index is 0.0688. The molecule has 118 valence electrons. The van der Waals surface area contributed by atoms with E-state index in [4.69, 9.17) is 5.73 Å². The van der Waals surface area contributed by atoms with E-state index in [1.165, 1.54) is 4.90 Å². The van der Waals surface area contributed by atoms with Gasteiger partial charge in [0, 0.05) is 13.1 Å². The largest absolute Gasteiger partial charge is 0.401 e. The lowest BCUT2D eigenvalue weighted by Crippen LogP contribution is -2.54. The van der Waals surface area contributed by atoms with Gasteiger partial charge in [-0.1, -0.05) is 13.8 Å². The van der Waals surface area contributed by atoms with Gasteiger partial charge in [-0.05, 0) is 31.7 Å². The zero-order valence-corrected chi connectivity index (χ0v) is 12.1. The van der Waals surface area contributed by atoms with Crippen LogP contribution in [0.4, 0.5) is 13.2 Å². The van der Waals surface area contributed by atoms with Gasteiger partial charge in [-0.3, -0.25) is 9.69 Å². The van der Waals surface area contributed by atoms with Gasteiger partial charge in [0.15, 0.2) is 0 Å². The summed E-state index contributed by atoms with van der Waals surface area (Å²) in [6, 6.07) is 0. The van der Waals surface area contributed by atoms with Gasteiger partial charge in [-0.15, -0.1) is 0 Å². The Bertz CT molecular complexity index is 329. The lowest BCUT2D eigenvalue weighted by atomic mass is 9.93. The maximum absolute atomic E-state index is 12.3. The first-order chi connectivity index (χ1) is 9.20. The molecule has 1 saturated heterocycles. The number of rotatable bonds is 6. The SMILES string of the molecule is CCC(N)(CC)C(=O)NCC1CCN(CC(F)(F)F)C1. The molecule has 1 fully saturated rings. The van der Waals surface area contributed by atoms with Crippen molar-refractivity contribution in [3.63, 3.8) is 0 Å². The van der Waals surface area contributed by atoms with Gasteiger partial charge in [0.1, 0.15) is 0 Å². The van der Waals surface area contributed by atoms with Crippen LogP contribution in [0, 0.1) is 5.92 Å². The normalized spacial score (nSPS) is 21.2. The third-order valence-electron chi connectivity index (χ3n) is 4.04. The molecule has 1 amide bonds. The van der Waals surface area contributed by atoms with Crippen molar-refractivity contribution in [3.05, 3.63) is 0 Å². The molecule has 0 aliphatic carbocycles. The van der Waals surface area contributed by atoms with E-state index < -0.39 is 18.3 Å². The first-order valence-corrected chi connectivity index (χ1v) is 7.06. The summed E-state index contributed by atoms with van der Waals surface area (Å²) in [5.41, 5.74) is 5.09. The van der Waals surface area contributed by atoms with Gasteiger partial charge >= 0.3 is 6.18 Å². The van der Waals surface area contributed by atoms with Crippen molar-refractivity contribution in [2.75, 3.05) is 26.2 Å². The standard InChI is InChI=1S/C13H24F3N3O/c1-3-12(17,4-2)11(20)18-7-10-5-6-19(8-10)9-13(14,15)16/h10H,3-9,17H2,1-2H3,(H,18,20). The molecule has 7 heteroatoms. The average molecular weight is 295 g/mol. The molecule has 1 rings (SSSR count). The van der Waals surface area contributed by atoms with Crippen molar-refractivity contribution >= 4 is 5.91 Å². The average Bonchev–Trinajstić information content (AvgIpc) is 2.80. The topological polar surface area (TPSA) is 58.4 Å². The monoisotopic (exact) mass is 295 g/mol. The Morgan fingerprint density at radius 1 is 1.35 bits per heavy atom. The van der Waals surface area contributed by atoms with Crippen LogP contribution in [0.25, 0.3) is 0 Å². The molecule has 1 unspecified atom stereocenters. The second kappa shape index (κ2) is 6.76. The number of likely N-dealkylation sites (tertiary alicyclic amines) is 1. The number of carbonyl (C=O) groups is 1. The summed E-state index contributed by atoms with van der Waals surface area (Å²) in [7, 11) is 0. The number of carbonyl (C=O) groups excluding carboxylic acids is 1. The van der Waals surface area contributed by atoms with Crippen LogP contribution in [-0.4, -0.2) is 48.7 Å². The van der Waals surface area contributed by atoms with E-state index in [0.717, 1.165) is 0 Å². The first-order valence-electron chi connectivity index (χ1n) is 7.06. The summed E-state index contributed by atoms with van der Waals surface area (Å²) in [5.74, 6) is -0.143. The Hall–Kier alpha value is -0.820. The third kappa shape index (κ3) is 4.94. The van der Waals surface area contributed by atoms with Gasteiger partial charge in [0.2, 0.25) is 5.91 Å². The van der Waals surface area contributed by atoms with Crippen molar-refractivity contribution in [3.8, 4) is 0 Å². The molecule has 0 aromatic carbocycles. The maximum Gasteiger partial charge on any atom is 0.401 e. The summed E-state index contributed by atoms with van der Waals surface area (Å²) >= 11 is 0. The third-order valence-corrected chi connectivity index (χ3v) is 4.04. The highest BCUT2D eigenvalue weighted by molar-refractivity contribution is 5.85. The molecule has 0 aromatic heterocycles. The zero-order chi connectivity index (χ0) is 15.4. The van der Waals surface area contributed by atoms with Gasteiger partial charge in [-0.25, -0.2) is 0 Å². The molecule has 1 atom stereocenters. The number of hydrogen-bond acceptors (Lipinski definition) is 3. The number of alkyl halides is 3. The van der Waals surface area contributed by atoms with Crippen LogP contribution in [0.3, 0.4) is 0 Å². The molecule has 20 heavy (non-hydrogen) atoms. The molecule has 0 radical (unpaired) electrons. The fourth-order valence-corrected chi connectivity index (χ4v) is 2.46. The molecule has 0 saturated carbocycles. The maximum atomic E-state index is 12.3. The van der Waals surface area contributed by atoms with E-state index >= 15 is 0 Å². The highest BCUT2D eigenvalue weighted by atomic mass is 19.4. The number of halogens is 3. The van der Waals surface area contributed by atoms with Crippen molar-refractivity contribution < 1.29 is 18.0 Å². The Labute approximate surface area is 117 Å². The highest BCUT2D eigenvalue weighted by Gasteiger charge is 2.35. The minimum atomic E-state index is -4.16. The van der Waals surface area contributed by atoms with Gasteiger partial charge in [0.05, 0.1) is 12.1 Å². The second-order valence-corrected chi connectivity index (χ2v) is 5.58. The molecular formula is C13H24F3N3O. The molecule has 1 aliphatic rings. The van der Waals surface area contributed by atoms with Crippen molar-refractivity contribution in [1.82, 2.24) is 10.2 Å².